The summed E-state index contributed by atoms with van der Waals surface area (Å²) in [5, 5.41) is 0. The van der Waals surface area contributed by atoms with Crippen molar-refractivity contribution in [1.29, 1.82) is 0 Å². The van der Waals surface area contributed by atoms with E-state index in [1.807, 2.05) is 18.2 Å². The maximum absolute atomic E-state index is 9.44. The third-order valence-corrected chi connectivity index (χ3v) is 0.732. The zero-order valence-corrected chi connectivity index (χ0v) is 6.23. The quantitative estimate of drug-likeness (QED) is 0.441. The first kappa shape index (κ1) is 9.49. The lowest BCUT2D eigenvalue weighted by molar-refractivity contribution is -0.128. The fourth-order valence-electron chi connectivity index (χ4n) is 0.313. The van der Waals surface area contributed by atoms with Crippen LogP contribution in [0, 0.1) is 0 Å². The second-order valence-corrected chi connectivity index (χ2v) is 1.75. The lowest BCUT2D eigenvalue weighted by Gasteiger charge is -1.70. The number of ketones is 1. The van der Waals surface area contributed by atoms with Gasteiger partial charge in [0.2, 0.25) is 0 Å². The van der Waals surface area contributed by atoms with E-state index >= 15 is 0 Å². The molecule has 0 aliphatic rings. The molecule has 1 rings (SSSR count). The molecule has 0 bridgehead atoms. The van der Waals surface area contributed by atoms with Crippen LogP contribution in [0.5, 0.6) is 0 Å². The number of rotatable bonds is 1. The highest BCUT2D eigenvalue weighted by atomic mass is 16.2. The van der Waals surface area contributed by atoms with Crippen LogP contribution >= 0.6 is 0 Å². The molecule has 0 atom stereocenters. The monoisotopic (exact) mass is 151 g/mol. The predicted octanol–water partition coefficient (Wildman–Crippen LogP) is 0.856. The molecule has 0 fully saturated rings. The molecule has 1 heterocycles. The van der Waals surface area contributed by atoms with Crippen molar-refractivity contribution in [3.05, 3.63) is 30.6 Å². The van der Waals surface area contributed by atoms with Crippen molar-refractivity contribution >= 4 is 12.1 Å². The maximum atomic E-state index is 9.44. The van der Waals surface area contributed by atoms with Crippen molar-refractivity contribution in [3.8, 4) is 0 Å². The van der Waals surface area contributed by atoms with Gasteiger partial charge in [-0.2, -0.15) is 0 Å². The van der Waals surface area contributed by atoms with Crippen molar-refractivity contribution in [2.24, 2.45) is 0 Å². The number of carbonyl (C=O) groups is 2. The number of pyridine rings is 1. The number of hydrogen-bond acceptors (Lipinski definition) is 3. The second kappa shape index (κ2) is 6.61. The minimum absolute atomic E-state index is 0.278. The molecule has 0 aliphatic carbocycles. The molecule has 0 spiro atoms. The van der Waals surface area contributed by atoms with Crippen LogP contribution in [0.4, 0.5) is 0 Å². The highest BCUT2D eigenvalue weighted by Gasteiger charge is 1.76. The van der Waals surface area contributed by atoms with Crippen LogP contribution in [-0.2, 0) is 9.59 Å². The van der Waals surface area contributed by atoms with E-state index in [0.29, 0.717) is 0 Å². The Labute approximate surface area is 65.1 Å². The largest absolute Gasteiger partial charge is 0.295 e. The first-order chi connectivity index (χ1) is 5.27. The average molecular weight is 151 g/mol. The third kappa shape index (κ3) is 8.49. The Morgan fingerprint density at radius 2 is 1.73 bits per heavy atom. The summed E-state index contributed by atoms with van der Waals surface area (Å²) in [6.45, 7) is 1.22. The van der Waals surface area contributed by atoms with Crippen molar-refractivity contribution in [1.82, 2.24) is 4.98 Å². The van der Waals surface area contributed by atoms with Gasteiger partial charge in [0.15, 0.2) is 12.1 Å². The lowest BCUT2D eigenvalue weighted by atomic mass is 10.5. The topological polar surface area (TPSA) is 47.0 Å². The van der Waals surface area contributed by atoms with Crippen molar-refractivity contribution in [2.75, 3.05) is 0 Å². The van der Waals surface area contributed by atoms with Gasteiger partial charge in [0.05, 0.1) is 0 Å². The summed E-state index contributed by atoms with van der Waals surface area (Å²) in [5.74, 6) is -0.426. The smallest absolute Gasteiger partial charge is 0.192 e. The minimum Gasteiger partial charge on any atom is -0.295 e. The van der Waals surface area contributed by atoms with Gasteiger partial charge in [-0.25, -0.2) is 0 Å². The van der Waals surface area contributed by atoms with Crippen LogP contribution in [0.1, 0.15) is 6.92 Å². The van der Waals surface area contributed by atoms with Crippen LogP contribution < -0.4 is 0 Å². The maximum Gasteiger partial charge on any atom is 0.192 e. The number of carbonyl (C=O) groups excluding carboxylic acids is 2. The summed E-state index contributed by atoms with van der Waals surface area (Å²) in [6.07, 6.45) is 3.78. The van der Waals surface area contributed by atoms with E-state index in [-0.39, 0.29) is 6.29 Å². The SMILES string of the molecule is CC(=O)C=O.c1ccncc1. The summed E-state index contributed by atoms with van der Waals surface area (Å²) in [5.41, 5.74) is 0. The molecular formula is C8H9NO2. The number of aldehydes is 1. The Bertz CT molecular complexity index is 182. The van der Waals surface area contributed by atoms with E-state index < -0.39 is 5.78 Å². The Balaban J connectivity index is 0.000000187. The molecule has 0 radical (unpaired) electrons. The third-order valence-electron chi connectivity index (χ3n) is 0.732. The molecule has 3 nitrogen and oxygen atoms in total. The van der Waals surface area contributed by atoms with Crippen molar-refractivity contribution < 1.29 is 9.59 Å². The van der Waals surface area contributed by atoms with Gasteiger partial charge in [0.1, 0.15) is 0 Å². The summed E-state index contributed by atoms with van der Waals surface area (Å²) in [4.78, 5) is 22.4. The van der Waals surface area contributed by atoms with Gasteiger partial charge in [-0.05, 0) is 12.1 Å². The zero-order chi connectivity index (χ0) is 8.53. The van der Waals surface area contributed by atoms with E-state index in [1.54, 1.807) is 12.4 Å². The number of Topliss-reactive ketones (excluding diaryl/α,β-unsaturated/α-hetero) is 1. The number of hydrogen-bond donors (Lipinski definition) is 0. The van der Waals surface area contributed by atoms with Crippen molar-refractivity contribution in [3.63, 3.8) is 0 Å². The second-order valence-electron chi connectivity index (χ2n) is 1.75. The van der Waals surface area contributed by atoms with E-state index in [9.17, 15) is 4.79 Å². The molecule has 0 amide bonds. The van der Waals surface area contributed by atoms with Gasteiger partial charge in [-0.3, -0.25) is 14.6 Å². The fraction of sp³-hybridized carbons (Fsp3) is 0.125. The Hall–Kier alpha value is -1.51. The first-order valence-corrected chi connectivity index (χ1v) is 3.08. The minimum atomic E-state index is -0.426. The highest BCUT2D eigenvalue weighted by molar-refractivity contribution is 6.23. The Kier molecular flexibility index (Phi) is 5.70. The normalized spacial score (nSPS) is 7.36. The Morgan fingerprint density at radius 1 is 1.27 bits per heavy atom. The average Bonchev–Trinajstić information content (AvgIpc) is 2.09. The van der Waals surface area contributed by atoms with Crippen LogP contribution in [-0.4, -0.2) is 17.1 Å². The lowest BCUT2D eigenvalue weighted by Crippen LogP contribution is -1.85. The molecule has 0 saturated heterocycles. The van der Waals surface area contributed by atoms with Gasteiger partial charge in [-0.15, -0.1) is 0 Å². The van der Waals surface area contributed by atoms with Crippen LogP contribution in [0.25, 0.3) is 0 Å². The van der Waals surface area contributed by atoms with Gasteiger partial charge in [0.25, 0.3) is 0 Å². The summed E-state index contributed by atoms with van der Waals surface area (Å²) in [6, 6.07) is 5.72. The van der Waals surface area contributed by atoms with Crippen LogP contribution in [0.2, 0.25) is 0 Å². The van der Waals surface area contributed by atoms with E-state index in [4.69, 9.17) is 4.79 Å². The summed E-state index contributed by atoms with van der Waals surface area (Å²) in [7, 11) is 0. The van der Waals surface area contributed by atoms with E-state index in [0.717, 1.165) is 0 Å². The van der Waals surface area contributed by atoms with E-state index in [1.165, 1.54) is 6.92 Å². The molecular weight excluding hydrogens is 142 g/mol. The van der Waals surface area contributed by atoms with Gasteiger partial charge in [0, 0.05) is 19.3 Å². The Morgan fingerprint density at radius 3 is 1.82 bits per heavy atom. The molecule has 0 aromatic carbocycles. The molecule has 3 heteroatoms. The summed E-state index contributed by atoms with van der Waals surface area (Å²) >= 11 is 0. The van der Waals surface area contributed by atoms with Gasteiger partial charge >= 0.3 is 0 Å². The molecule has 58 valence electrons. The summed E-state index contributed by atoms with van der Waals surface area (Å²) < 4.78 is 0. The molecule has 0 N–H and O–H groups in total. The molecule has 1 aromatic rings. The highest BCUT2D eigenvalue weighted by Crippen LogP contribution is 1.73. The molecule has 11 heavy (non-hydrogen) atoms. The van der Waals surface area contributed by atoms with Gasteiger partial charge in [-0.1, -0.05) is 6.07 Å². The molecule has 0 saturated carbocycles. The molecule has 1 aromatic heterocycles. The van der Waals surface area contributed by atoms with Crippen LogP contribution in [0.15, 0.2) is 30.6 Å². The van der Waals surface area contributed by atoms with E-state index in [2.05, 4.69) is 4.98 Å². The first-order valence-electron chi connectivity index (χ1n) is 3.08. The molecule has 0 aliphatic heterocycles. The number of nitrogens with zero attached hydrogens (tertiary/aromatic N) is 1. The van der Waals surface area contributed by atoms with Crippen molar-refractivity contribution in [2.45, 2.75) is 6.92 Å². The zero-order valence-electron chi connectivity index (χ0n) is 6.23. The molecule has 0 unspecified atom stereocenters. The fourth-order valence-corrected chi connectivity index (χ4v) is 0.313. The van der Waals surface area contributed by atoms with Gasteiger partial charge < -0.3 is 0 Å². The standard InChI is InChI=1S/C5H5N.C3H4O2/c1-2-4-6-5-3-1;1-3(5)2-4/h1-5H;2H,1H3. The van der Waals surface area contributed by atoms with Crippen LogP contribution in [0.3, 0.4) is 0 Å². The number of aromatic nitrogens is 1. The predicted molar refractivity (Wildman–Crippen MR) is 41.0 cm³/mol.